The molecular formula is C22H23FN6O6S. The fourth-order valence-electron chi connectivity index (χ4n) is 4.39. The molecule has 1 saturated heterocycles. The summed E-state index contributed by atoms with van der Waals surface area (Å²) < 4.78 is 55.0. The van der Waals surface area contributed by atoms with E-state index in [2.05, 4.69) is 20.2 Å². The number of aryl methyl sites for hydroxylation is 3. The van der Waals surface area contributed by atoms with Gasteiger partial charge in [-0.15, -0.1) is 0 Å². The molecule has 2 amide bonds. The highest BCUT2D eigenvalue weighted by Gasteiger charge is 2.43. The van der Waals surface area contributed by atoms with Crippen molar-refractivity contribution in [2.24, 2.45) is 13.0 Å². The summed E-state index contributed by atoms with van der Waals surface area (Å²) in [5.74, 6) is -1.89. The molecule has 4 heterocycles. The molecule has 2 aromatic heterocycles. The van der Waals surface area contributed by atoms with Crippen LogP contribution in [0.25, 0.3) is 0 Å². The Balaban J connectivity index is 1.41. The highest BCUT2D eigenvalue weighted by atomic mass is 32.2. The van der Waals surface area contributed by atoms with Gasteiger partial charge in [-0.2, -0.15) is 4.98 Å². The molecule has 0 bridgehead atoms. The van der Waals surface area contributed by atoms with Crippen LogP contribution in [0.4, 0.5) is 10.1 Å². The Morgan fingerprint density at radius 2 is 2.03 bits per heavy atom. The minimum absolute atomic E-state index is 0.0110. The van der Waals surface area contributed by atoms with Gasteiger partial charge in [0.2, 0.25) is 10.0 Å². The van der Waals surface area contributed by atoms with Crippen LogP contribution < -0.4 is 14.8 Å². The molecule has 5 rings (SSSR count). The number of carbonyl (C=O) groups is 2. The lowest BCUT2D eigenvalue weighted by Gasteiger charge is -2.23. The third-order valence-corrected chi connectivity index (χ3v) is 7.69. The molecule has 0 aliphatic carbocycles. The molecule has 2 unspecified atom stereocenters. The van der Waals surface area contributed by atoms with Gasteiger partial charge in [0.15, 0.2) is 17.3 Å². The second-order valence-corrected chi connectivity index (χ2v) is 10.5. The molecule has 1 fully saturated rings. The number of ether oxygens (including phenoxy) is 1. The molecule has 12 nitrogen and oxygen atoms in total. The quantitative estimate of drug-likeness (QED) is 0.526. The summed E-state index contributed by atoms with van der Waals surface area (Å²) in [6.45, 7) is 3.48. The lowest BCUT2D eigenvalue weighted by molar-refractivity contribution is 0.0732. The van der Waals surface area contributed by atoms with E-state index in [4.69, 9.17) is 9.26 Å². The highest BCUT2D eigenvalue weighted by Crippen LogP contribution is 2.35. The van der Waals surface area contributed by atoms with E-state index in [-0.39, 0.29) is 41.9 Å². The number of anilines is 1. The number of fused-ring (bicyclic) bond motifs is 2. The van der Waals surface area contributed by atoms with Gasteiger partial charge in [-0.25, -0.2) is 17.5 Å². The number of rotatable bonds is 3. The van der Waals surface area contributed by atoms with Crippen molar-refractivity contribution in [2.75, 3.05) is 25.0 Å². The number of likely N-dealkylation sites (tertiary alicyclic amines) is 1. The second kappa shape index (κ2) is 8.71. The zero-order valence-electron chi connectivity index (χ0n) is 19.6. The van der Waals surface area contributed by atoms with Crippen molar-refractivity contribution in [2.45, 2.75) is 24.8 Å². The SMILES string of the molecule is Cc1noc(C(=O)N2CC3COc4c(cn(C)c4C(=O)Nc4ccc(F)c(C)c4)S(=O)(=O)NC3C2)n1. The van der Waals surface area contributed by atoms with Crippen LogP contribution in [0.15, 0.2) is 33.8 Å². The molecule has 14 heteroatoms. The number of nitrogens with zero attached hydrogens (tertiary/aromatic N) is 4. The number of amides is 2. The number of benzene rings is 1. The largest absolute Gasteiger partial charge is 0.489 e. The van der Waals surface area contributed by atoms with Crippen molar-refractivity contribution in [3.05, 3.63) is 53.2 Å². The fraction of sp³-hybridized carbons (Fsp3) is 0.364. The molecule has 2 atom stereocenters. The first-order valence-electron chi connectivity index (χ1n) is 11.0. The molecule has 1 aromatic carbocycles. The van der Waals surface area contributed by atoms with E-state index >= 15 is 0 Å². The summed E-state index contributed by atoms with van der Waals surface area (Å²) in [5.41, 5.74) is 0.685. The minimum atomic E-state index is -4.10. The van der Waals surface area contributed by atoms with Gasteiger partial charge >= 0.3 is 11.8 Å². The van der Waals surface area contributed by atoms with E-state index in [1.807, 2.05) is 0 Å². The Bertz CT molecular complexity index is 1480. The van der Waals surface area contributed by atoms with E-state index in [9.17, 15) is 22.4 Å². The summed E-state index contributed by atoms with van der Waals surface area (Å²) in [6, 6.07) is 3.49. The Labute approximate surface area is 205 Å². The number of carbonyl (C=O) groups excluding carboxylic acids is 2. The van der Waals surface area contributed by atoms with Crippen molar-refractivity contribution >= 4 is 27.5 Å². The average Bonchev–Trinajstić information content (AvgIpc) is 3.50. The zero-order chi connectivity index (χ0) is 25.8. The Morgan fingerprint density at radius 3 is 2.72 bits per heavy atom. The number of hydrogen-bond acceptors (Lipinski definition) is 8. The lowest BCUT2D eigenvalue weighted by atomic mass is 10.1. The van der Waals surface area contributed by atoms with Gasteiger partial charge in [-0.05, 0) is 37.6 Å². The van der Waals surface area contributed by atoms with Gasteiger partial charge in [-0.1, -0.05) is 5.16 Å². The molecule has 2 aliphatic rings. The second-order valence-electron chi connectivity index (χ2n) is 8.86. The van der Waals surface area contributed by atoms with Crippen LogP contribution in [0.2, 0.25) is 0 Å². The van der Waals surface area contributed by atoms with Crippen LogP contribution >= 0.6 is 0 Å². The predicted molar refractivity (Wildman–Crippen MR) is 123 cm³/mol. The molecule has 3 aromatic rings. The molecule has 0 spiro atoms. The van der Waals surface area contributed by atoms with Crippen molar-refractivity contribution in [1.82, 2.24) is 24.3 Å². The smallest absolute Gasteiger partial charge is 0.316 e. The summed E-state index contributed by atoms with van der Waals surface area (Å²) in [7, 11) is -2.57. The van der Waals surface area contributed by atoms with Crippen LogP contribution in [0.1, 0.15) is 32.6 Å². The standard InChI is InChI=1S/C22H23FN6O6S/c1-11-6-14(4-5-15(11)23)25-20(30)18-19-17(9-28(18)3)36(32,33)27-16-8-29(7-13(16)10-34-19)22(31)21-24-12(2)26-35-21/h4-6,9,13,16,27H,7-8,10H2,1-3H3,(H,25,30). The van der Waals surface area contributed by atoms with Gasteiger partial charge in [-0.3, -0.25) is 9.59 Å². The van der Waals surface area contributed by atoms with Crippen molar-refractivity contribution in [1.29, 1.82) is 0 Å². The minimum Gasteiger partial charge on any atom is -0.489 e. The van der Waals surface area contributed by atoms with Gasteiger partial charge < -0.3 is 24.0 Å². The van der Waals surface area contributed by atoms with Crippen molar-refractivity contribution in [3.8, 4) is 5.75 Å². The van der Waals surface area contributed by atoms with E-state index in [1.54, 1.807) is 13.8 Å². The van der Waals surface area contributed by atoms with E-state index in [0.717, 1.165) is 0 Å². The number of hydrogen-bond donors (Lipinski definition) is 2. The highest BCUT2D eigenvalue weighted by molar-refractivity contribution is 7.89. The van der Waals surface area contributed by atoms with E-state index in [1.165, 1.54) is 40.9 Å². The zero-order valence-corrected chi connectivity index (χ0v) is 20.4. The summed E-state index contributed by atoms with van der Waals surface area (Å²) >= 11 is 0. The third kappa shape index (κ3) is 4.22. The lowest BCUT2D eigenvalue weighted by Crippen LogP contribution is -2.43. The predicted octanol–water partition coefficient (Wildman–Crippen LogP) is 1.23. The average molecular weight is 519 g/mol. The Kier molecular flexibility index (Phi) is 5.79. The fourth-order valence-corrected chi connectivity index (χ4v) is 5.88. The van der Waals surface area contributed by atoms with E-state index < -0.39 is 39.6 Å². The number of sulfonamides is 1. The number of nitrogens with one attached hydrogen (secondary N) is 2. The maximum Gasteiger partial charge on any atom is 0.316 e. The van der Waals surface area contributed by atoms with Crippen LogP contribution in [-0.2, 0) is 17.1 Å². The van der Waals surface area contributed by atoms with E-state index in [0.29, 0.717) is 17.1 Å². The Hall–Kier alpha value is -3.78. The first-order chi connectivity index (χ1) is 17.0. The first-order valence-corrected chi connectivity index (χ1v) is 12.5. The molecule has 190 valence electrons. The summed E-state index contributed by atoms with van der Waals surface area (Å²) in [5, 5.41) is 6.28. The summed E-state index contributed by atoms with van der Waals surface area (Å²) in [6.07, 6.45) is 1.29. The van der Waals surface area contributed by atoms with Gasteiger partial charge in [0.05, 0.1) is 6.61 Å². The third-order valence-electron chi connectivity index (χ3n) is 6.21. The van der Waals surface area contributed by atoms with Crippen LogP contribution in [0, 0.1) is 25.6 Å². The van der Waals surface area contributed by atoms with Gasteiger partial charge in [0.25, 0.3) is 5.91 Å². The normalized spacial score (nSPS) is 20.6. The molecular weight excluding hydrogens is 495 g/mol. The van der Waals surface area contributed by atoms with Crippen molar-refractivity contribution < 1.29 is 31.7 Å². The molecule has 2 aliphatic heterocycles. The van der Waals surface area contributed by atoms with Crippen molar-refractivity contribution in [3.63, 3.8) is 0 Å². The van der Waals surface area contributed by atoms with Crippen LogP contribution in [0.5, 0.6) is 5.75 Å². The molecule has 36 heavy (non-hydrogen) atoms. The van der Waals surface area contributed by atoms with Crippen LogP contribution in [-0.4, -0.2) is 65.6 Å². The molecule has 0 saturated carbocycles. The molecule has 0 radical (unpaired) electrons. The van der Waals surface area contributed by atoms with Gasteiger partial charge in [0.1, 0.15) is 10.7 Å². The topological polar surface area (TPSA) is 149 Å². The molecule has 2 N–H and O–H groups in total. The monoisotopic (exact) mass is 518 g/mol. The van der Waals surface area contributed by atoms with Gasteiger partial charge in [0, 0.05) is 44.0 Å². The number of halogens is 1. The number of aromatic nitrogens is 3. The first kappa shape index (κ1) is 23.9. The summed E-state index contributed by atoms with van der Waals surface area (Å²) in [4.78, 5) is 31.0. The van der Waals surface area contributed by atoms with Crippen LogP contribution in [0.3, 0.4) is 0 Å². The maximum atomic E-state index is 13.6. The maximum absolute atomic E-state index is 13.6. The Morgan fingerprint density at radius 1 is 1.25 bits per heavy atom.